The van der Waals surface area contributed by atoms with Crippen molar-refractivity contribution in [2.45, 2.75) is 33.7 Å². The van der Waals surface area contributed by atoms with E-state index in [4.69, 9.17) is 9.47 Å². The maximum Gasteiger partial charge on any atom is 0.513 e. The van der Waals surface area contributed by atoms with Gasteiger partial charge in [-0.3, -0.25) is 9.59 Å². The van der Waals surface area contributed by atoms with Gasteiger partial charge in [-0.1, -0.05) is 32.0 Å². The minimum Gasteiger partial charge on any atom is -0.434 e. The van der Waals surface area contributed by atoms with Gasteiger partial charge in [-0.25, -0.2) is 4.79 Å². The summed E-state index contributed by atoms with van der Waals surface area (Å²) in [5, 5.41) is 5.72. The number of amides is 2. The molecule has 7 nitrogen and oxygen atoms in total. The van der Waals surface area contributed by atoms with Crippen LogP contribution in [0.4, 0.5) is 10.5 Å². The highest BCUT2D eigenvalue weighted by Gasteiger charge is 2.12. The molecular weight excluding hydrogens is 372 g/mol. The Balaban J connectivity index is 2.00. The largest absolute Gasteiger partial charge is 0.513 e. The van der Waals surface area contributed by atoms with Crippen LogP contribution in [0.2, 0.25) is 0 Å². The van der Waals surface area contributed by atoms with E-state index in [-0.39, 0.29) is 30.1 Å². The van der Waals surface area contributed by atoms with Gasteiger partial charge in [0.1, 0.15) is 5.75 Å². The molecule has 154 valence electrons. The predicted molar refractivity (Wildman–Crippen MR) is 110 cm³/mol. The first-order valence-corrected chi connectivity index (χ1v) is 9.49. The number of hydrogen-bond acceptors (Lipinski definition) is 5. The zero-order valence-electron chi connectivity index (χ0n) is 16.9. The maximum atomic E-state index is 12.6. The second-order valence-corrected chi connectivity index (χ2v) is 6.80. The van der Waals surface area contributed by atoms with Gasteiger partial charge in [0.25, 0.3) is 5.91 Å². The predicted octanol–water partition coefficient (Wildman–Crippen LogP) is 4.14. The molecular formula is C22H26N2O5. The van der Waals surface area contributed by atoms with Crippen molar-refractivity contribution < 1.29 is 23.9 Å². The SMILES string of the molecule is CCOC(=O)Oc1ccc(C(=O)Nc2ccccc2CNC(=O)CC(C)C)cc1. The third-order valence-corrected chi connectivity index (χ3v) is 3.92. The number of rotatable bonds is 8. The Hall–Kier alpha value is -3.35. The average Bonchev–Trinajstić information content (AvgIpc) is 2.67. The zero-order valence-corrected chi connectivity index (χ0v) is 16.9. The molecule has 0 heterocycles. The van der Waals surface area contributed by atoms with E-state index in [9.17, 15) is 14.4 Å². The molecule has 2 N–H and O–H groups in total. The lowest BCUT2D eigenvalue weighted by molar-refractivity contribution is -0.121. The Morgan fingerprint density at radius 1 is 1.00 bits per heavy atom. The summed E-state index contributed by atoms with van der Waals surface area (Å²) in [6.45, 7) is 6.20. The average molecular weight is 398 g/mol. The van der Waals surface area contributed by atoms with E-state index in [0.717, 1.165) is 5.56 Å². The van der Waals surface area contributed by atoms with Crippen molar-refractivity contribution >= 4 is 23.7 Å². The summed E-state index contributed by atoms with van der Waals surface area (Å²) >= 11 is 0. The molecule has 0 saturated heterocycles. The van der Waals surface area contributed by atoms with Gasteiger partial charge < -0.3 is 20.1 Å². The van der Waals surface area contributed by atoms with Gasteiger partial charge in [0.2, 0.25) is 5.91 Å². The molecule has 2 aromatic carbocycles. The second kappa shape index (κ2) is 10.8. The molecule has 0 aromatic heterocycles. The van der Waals surface area contributed by atoms with Gasteiger partial charge in [-0.05, 0) is 48.7 Å². The van der Waals surface area contributed by atoms with E-state index in [1.807, 2.05) is 32.0 Å². The van der Waals surface area contributed by atoms with Crippen molar-refractivity contribution in [2.75, 3.05) is 11.9 Å². The van der Waals surface area contributed by atoms with Gasteiger partial charge >= 0.3 is 6.16 Å². The minimum atomic E-state index is -0.793. The van der Waals surface area contributed by atoms with Crippen molar-refractivity contribution in [3.05, 3.63) is 59.7 Å². The van der Waals surface area contributed by atoms with Crippen molar-refractivity contribution in [3.63, 3.8) is 0 Å². The van der Waals surface area contributed by atoms with Gasteiger partial charge in [0.05, 0.1) is 6.61 Å². The molecule has 2 aromatic rings. The highest BCUT2D eigenvalue weighted by Crippen LogP contribution is 2.18. The highest BCUT2D eigenvalue weighted by molar-refractivity contribution is 6.04. The Labute approximate surface area is 170 Å². The van der Waals surface area contributed by atoms with E-state index in [1.165, 1.54) is 12.1 Å². The fourth-order valence-electron chi connectivity index (χ4n) is 2.55. The van der Waals surface area contributed by atoms with Crippen molar-refractivity contribution in [3.8, 4) is 5.75 Å². The molecule has 29 heavy (non-hydrogen) atoms. The number of para-hydroxylation sites is 1. The molecule has 0 radical (unpaired) electrons. The number of hydrogen-bond donors (Lipinski definition) is 2. The lowest BCUT2D eigenvalue weighted by atomic mass is 10.1. The Kier molecular flexibility index (Phi) is 8.21. The monoisotopic (exact) mass is 398 g/mol. The Morgan fingerprint density at radius 3 is 2.34 bits per heavy atom. The second-order valence-electron chi connectivity index (χ2n) is 6.80. The van der Waals surface area contributed by atoms with Crippen LogP contribution in [-0.2, 0) is 16.1 Å². The summed E-state index contributed by atoms with van der Waals surface area (Å²) < 4.78 is 9.68. The molecule has 0 fully saturated rings. The highest BCUT2D eigenvalue weighted by atomic mass is 16.7. The van der Waals surface area contributed by atoms with Gasteiger partial charge in [-0.2, -0.15) is 0 Å². The third kappa shape index (κ3) is 7.29. The van der Waals surface area contributed by atoms with Crippen LogP contribution in [0.15, 0.2) is 48.5 Å². The fourth-order valence-corrected chi connectivity index (χ4v) is 2.55. The molecule has 0 aliphatic rings. The van der Waals surface area contributed by atoms with Gasteiger partial charge in [0, 0.05) is 24.2 Å². The normalized spacial score (nSPS) is 10.3. The molecule has 0 atom stereocenters. The molecule has 0 spiro atoms. The summed E-state index contributed by atoms with van der Waals surface area (Å²) in [6, 6.07) is 13.4. The van der Waals surface area contributed by atoms with E-state index in [0.29, 0.717) is 24.2 Å². The quantitative estimate of drug-likeness (QED) is 0.515. The summed E-state index contributed by atoms with van der Waals surface area (Å²) in [5.74, 6) is 0.223. The number of carbonyl (C=O) groups is 3. The van der Waals surface area contributed by atoms with Crippen LogP contribution in [0.1, 0.15) is 43.1 Å². The molecule has 7 heteroatoms. The van der Waals surface area contributed by atoms with E-state index >= 15 is 0 Å². The lowest BCUT2D eigenvalue weighted by Gasteiger charge is -2.13. The molecule has 2 amide bonds. The molecule has 0 saturated carbocycles. The van der Waals surface area contributed by atoms with E-state index in [2.05, 4.69) is 10.6 Å². The Bertz CT molecular complexity index is 847. The third-order valence-electron chi connectivity index (χ3n) is 3.92. The lowest BCUT2D eigenvalue weighted by Crippen LogP contribution is -2.24. The summed E-state index contributed by atoms with van der Waals surface area (Å²) in [6.07, 6.45) is -0.340. The van der Waals surface area contributed by atoms with Crippen LogP contribution in [0.25, 0.3) is 0 Å². The smallest absolute Gasteiger partial charge is 0.434 e. The first-order chi connectivity index (χ1) is 13.9. The van der Waals surface area contributed by atoms with Crippen LogP contribution in [0.5, 0.6) is 5.75 Å². The maximum absolute atomic E-state index is 12.6. The minimum absolute atomic E-state index is 0.0293. The van der Waals surface area contributed by atoms with Crippen molar-refractivity contribution in [1.29, 1.82) is 0 Å². The number of anilines is 1. The summed E-state index contributed by atoms with van der Waals surface area (Å²) in [5.41, 5.74) is 1.83. The first kappa shape index (κ1) is 21.9. The molecule has 0 aliphatic heterocycles. The number of carbonyl (C=O) groups excluding carboxylic acids is 3. The topological polar surface area (TPSA) is 93.7 Å². The number of ether oxygens (including phenoxy) is 2. The number of benzene rings is 2. The van der Waals surface area contributed by atoms with Gasteiger partial charge in [-0.15, -0.1) is 0 Å². The van der Waals surface area contributed by atoms with Crippen LogP contribution in [-0.4, -0.2) is 24.6 Å². The summed E-state index contributed by atoms with van der Waals surface area (Å²) in [4.78, 5) is 35.8. The van der Waals surface area contributed by atoms with Crippen LogP contribution < -0.4 is 15.4 Å². The van der Waals surface area contributed by atoms with Crippen molar-refractivity contribution in [2.24, 2.45) is 5.92 Å². The molecule has 0 bridgehead atoms. The zero-order chi connectivity index (χ0) is 21.2. The molecule has 0 aliphatic carbocycles. The van der Waals surface area contributed by atoms with Crippen LogP contribution >= 0.6 is 0 Å². The first-order valence-electron chi connectivity index (χ1n) is 9.49. The van der Waals surface area contributed by atoms with E-state index < -0.39 is 6.16 Å². The van der Waals surface area contributed by atoms with Crippen LogP contribution in [0, 0.1) is 5.92 Å². The Morgan fingerprint density at radius 2 is 1.69 bits per heavy atom. The van der Waals surface area contributed by atoms with E-state index in [1.54, 1.807) is 25.1 Å². The van der Waals surface area contributed by atoms with Crippen molar-refractivity contribution in [1.82, 2.24) is 5.32 Å². The van der Waals surface area contributed by atoms with Crippen LogP contribution in [0.3, 0.4) is 0 Å². The number of nitrogens with one attached hydrogen (secondary N) is 2. The standard InChI is InChI=1S/C22H26N2O5/c1-4-28-22(27)29-18-11-9-16(10-12-18)21(26)24-19-8-6-5-7-17(19)14-23-20(25)13-15(2)3/h5-12,15H,4,13-14H2,1-3H3,(H,23,25)(H,24,26). The fraction of sp³-hybridized carbons (Fsp3) is 0.318. The van der Waals surface area contributed by atoms with Gasteiger partial charge in [0.15, 0.2) is 0 Å². The summed E-state index contributed by atoms with van der Waals surface area (Å²) in [7, 11) is 0. The molecule has 0 unspecified atom stereocenters. The molecule has 2 rings (SSSR count).